The van der Waals surface area contributed by atoms with E-state index in [4.69, 9.17) is 10.2 Å². The lowest BCUT2D eigenvalue weighted by molar-refractivity contribution is 0.0687. The second-order valence-corrected chi connectivity index (χ2v) is 6.11. The van der Waals surface area contributed by atoms with Gasteiger partial charge in [0.05, 0.1) is 34.9 Å². The molecule has 0 spiro atoms. The van der Waals surface area contributed by atoms with Crippen molar-refractivity contribution < 1.29 is 19.8 Å². The molecular formula is C22H18N4O4. The zero-order valence-electron chi connectivity index (χ0n) is 15.7. The third kappa shape index (κ3) is 5.29. The molecule has 30 heavy (non-hydrogen) atoms. The highest BCUT2D eigenvalue weighted by Gasteiger charge is 2.08. The van der Waals surface area contributed by atoms with Crippen molar-refractivity contribution in [1.82, 2.24) is 0 Å². The first-order valence-electron chi connectivity index (χ1n) is 8.87. The first-order valence-corrected chi connectivity index (χ1v) is 8.87. The Bertz CT molecular complexity index is 1020. The highest BCUT2D eigenvalue weighted by Crippen LogP contribution is 2.15. The third-order valence-corrected chi connectivity index (χ3v) is 4.05. The van der Waals surface area contributed by atoms with Crippen LogP contribution in [-0.2, 0) is 0 Å². The van der Waals surface area contributed by atoms with E-state index in [9.17, 15) is 9.59 Å². The molecule has 4 N–H and O–H groups in total. The summed E-state index contributed by atoms with van der Waals surface area (Å²) in [6.07, 6.45) is 3.14. The van der Waals surface area contributed by atoms with Crippen LogP contribution in [0.15, 0.2) is 83.0 Å². The topological polar surface area (TPSA) is 123 Å². The number of carboxylic acid groups (broad SMARTS) is 2. The standard InChI is InChI=1S/C22H18N4O4/c27-21(28)17-5-1-3-7-19(17)25-23-13-15-9-11-16(12-10-15)14-24-26-20-8-4-2-6-18(20)22(29)30/h1-14,25-26H,(H,27,28)(H,29,30)/b23-13+,24-14+. The van der Waals surface area contributed by atoms with Crippen LogP contribution in [0.25, 0.3) is 0 Å². The van der Waals surface area contributed by atoms with Crippen molar-refractivity contribution in [3.63, 3.8) is 0 Å². The number of rotatable bonds is 8. The lowest BCUT2D eigenvalue weighted by Crippen LogP contribution is -2.02. The SMILES string of the molecule is O=C(O)c1ccccc1N/N=C/c1ccc(/C=N/Nc2ccccc2C(=O)O)cc1. The molecule has 3 aromatic rings. The average Bonchev–Trinajstić information content (AvgIpc) is 2.75. The summed E-state index contributed by atoms with van der Waals surface area (Å²) < 4.78 is 0. The van der Waals surface area contributed by atoms with Crippen molar-refractivity contribution in [2.75, 3.05) is 10.9 Å². The Labute approximate surface area is 172 Å². The molecule has 8 nitrogen and oxygen atoms in total. The van der Waals surface area contributed by atoms with Crippen LogP contribution in [0.5, 0.6) is 0 Å². The highest BCUT2D eigenvalue weighted by atomic mass is 16.4. The van der Waals surface area contributed by atoms with Gasteiger partial charge in [-0.2, -0.15) is 10.2 Å². The summed E-state index contributed by atoms with van der Waals surface area (Å²) in [5.74, 6) is -2.06. The lowest BCUT2D eigenvalue weighted by atomic mass is 10.1. The number of hydrogen-bond donors (Lipinski definition) is 4. The minimum absolute atomic E-state index is 0.137. The Balaban J connectivity index is 1.60. The molecule has 0 unspecified atom stereocenters. The fraction of sp³-hybridized carbons (Fsp3) is 0. The summed E-state index contributed by atoms with van der Waals surface area (Å²) in [5.41, 5.74) is 8.14. The first-order chi connectivity index (χ1) is 14.5. The Morgan fingerprint density at radius 2 is 1.00 bits per heavy atom. The van der Waals surface area contributed by atoms with Crippen molar-refractivity contribution in [2.24, 2.45) is 10.2 Å². The summed E-state index contributed by atoms with van der Waals surface area (Å²) in [7, 11) is 0. The number of hydrogen-bond acceptors (Lipinski definition) is 6. The van der Waals surface area contributed by atoms with E-state index in [1.54, 1.807) is 48.8 Å². The second-order valence-electron chi connectivity index (χ2n) is 6.11. The van der Waals surface area contributed by atoms with Gasteiger partial charge in [-0.3, -0.25) is 10.9 Å². The number of carboxylic acids is 2. The smallest absolute Gasteiger partial charge is 0.337 e. The van der Waals surface area contributed by atoms with Gasteiger partial charge in [0.15, 0.2) is 0 Å². The van der Waals surface area contributed by atoms with Crippen molar-refractivity contribution >= 4 is 35.7 Å². The summed E-state index contributed by atoms with van der Waals surface area (Å²) >= 11 is 0. The van der Waals surface area contributed by atoms with E-state index in [1.807, 2.05) is 24.3 Å². The zero-order chi connectivity index (χ0) is 21.3. The fourth-order valence-electron chi connectivity index (χ4n) is 2.56. The third-order valence-electron chi connectivity index (χ3n) is 4.05. The van der Waals surface area contributed by atoms with Crippen LogP contribution >= 0.6 is 0 Å². The number of para-hydroxylation sites is 2. The summed E-state index contributed by atoms with van der Waals surface area (Å²) in [6.45, 7) is 0. The number of hydrazone groups is 2. The molecule has 0 heterocycles. The van der Waals surface area contributed by atoms with Crippen LogP contribution < -0.4 is 10.9 Å². The summed E-state index contributed by atoms with van der Waals surface area (Å²) in [5, 5.41) is 26.5. The minimum atomic E-state index is -1.03. The molecule has 0 aliphatic rings. The molecule has 0 aliphatic carbocycles. The van der Waals surface area contributed by atoms with Crippen LogP contribution in [0.3, 0.4) is 0 Å². The fourth-order valence-corrected chi connectivity index (χ4v) is 2.56. The molecule has 0 amide bonds. The maximum atomic E-state index is 11.2. The van der Waals surface area contributed by atoms with Crippen LogP contribution in [0.4, 0.5) is 11.4 Å². The largest absolute Gasteiger partial charge is 0.478 e. The van der Waals surface area contributed by atoms with Crippen molar-refractivity contribution in [3.05, 3.63) is 95.1 Å². The van der Waals surface area contributed by atoms with Crippen molar-refractivity contribution in [2.45, 2.75) is 0 Å². The molecule has 0 aromatic heterocycles. The quantitative estimate of drug-likeness (QED) is 0.334. The Hall–Kier alpha value is -4.46. The molecule has 0 fully saturated rings. The van der Waals surface area contributed by atoms with E-state index < -0.39 is 11.9 Å². The molecule has 8 heteroatoms. The molecule has 0 radical (unpaired) electrons. The van der Waals surface area contributed by atoms with Crippen molar-refractivity contribution in [3.8, 4) is 0 Å². The molecule has 0 atom stereocenters. The van der Waals surface area contributed by atoms with E-state index >= 15 is 0 Å². The molecule has 150 valence electrons. The van der Waals surface area contributed by atoms with Gasteiger partial charge >= 0.3 is 11.9 Å². The van der Waals surface area contributed by atoms with Crippen molar-refractivity contribution in [1.29, 1.82) is 0 Å². The van der Waals surface area contributed by atoms with Gasteiger partial charge in [0.25, 0.3) is 0 Å². The number of benzene rings is 3. The first kappa shape index (κ1) is 20.3. The number of nitrogens with one attached hydrogen (secondary N) is 2. The van der Waals surface area contributed by atoms with Crippen LogP contribution in [0.2, 0.25) is 0 Å². The number of nitrogens with zero attached hydrogens (tertiary/aromatic N) is 2. The van der Waals surface area contributed by atoms with E-state index in [-0.39, 0.29) is 11.1 Å². The Kier molecular flexibility index (Phi) is 6.52. The van der Waals surface area contributed by atoms with E-state index in [2.05, 4.69) is 21.1 Å². The van der Waals surface area contributed by atoms with Gasteiger partial charge in [0, 0.05) is 0 Å². The second kappa shape index (κ2) is 9.65. The van der Waals surface area contributed by atoms with Crippen LogP contribution in [0.1, 0.15) is 31.8 Å². The van der Waals surface area contributed by atoms with Gasteiger partial charge in [-0.05, 0) is 35.4 Å². The molecule has 0 saturated heterocycles. The summed E-state index contributed by atoms with van der Waals surface area (Å²) in [4.78, 5) is 22.4. The average molecular weight is 402 g/mol. The Morgan fingerprint density at radius 1 is 0.633 bits per heavy atom. The molecule has 3 rings (SSSR count). The van der Waals surface area contributed by atoms with Gasteiger partial charge in [0.1, 0.15) is 0 Å². The number of carbonyl (C=O) groups is 2. The molecule has 0 saturated carbocycles. The van der Waals surface area contributed by atoms with Gasteiger partial charge < -0.3 is 10.2 Å². The lowest BCUT2D eigenvalue weighted by Gasteiger charge is -2.04. The predicted molar refractivity (Wildman–Crippen MR) is 116 cm³/mol. The monoisotopic (exact) mass is 402 g/mol. The summed E-state index contributed by atoms with van der Waals surface area (Å²) in [6, 6.07) is 20.3. The van der Waals surface area contributed by atoms with Gasteiger partial charge in [0.2, 0.25) is 0 Å². The minimum Gasteiger partial charge on any atom is -0.478 e. The number of anilines is 2. The predicted octanol–water partition coefficient (Wildman–Crippen LogP) is 3.98. The van der Waals surface area contributed by atoms with E-state index in [1.165, 1.54) is 12.1 Å². The normalized spacial score (nSPS) is 10.9. The van der Waals surface area contributed by atoms with Crippen LogP contribution in [-0.4, -0.2) is 34.6 Å². The van der Waals surface area contributed by atoms with Gasteiger partial charge in [-0.25, -0.2) is 9.59 Å². The Morgan fingerprint density at radius 3 is 1.37 bits per heavy atom. The van der Waals surface area contributed by atoms with E-state index in [0.29, 0.717) is 11.4 Å². The van der Waals surface area contributed by atoms with Crippen LogP contribution in [0, 0.1) is 0 Å². The maximum Gasteiger partial charge on any atom is 0.337 e. The van der Waals surface area contributed by atoms with Gasteiger partial charge in [-0.15, -0.1) is 0 Å². The highest BCUT2D eigenvalue weighted by molar-refractivity contribution is 5.95. The molecule has 3 aromatic carbocycles. The number of aromatic carboxylic acids is 2. The molecule has 0 bridgehead atoms. The molecular weight excluding hydrogens is 384 g/mol. The van der Waals surface area contributed by atoms with Gasteiger partial charge in [-0.1, -0.05) is 48.5 Å². The van der Waals surface area contributed by atoms with E-state index in [0.717, 1.165) is 11.1 Å². The molecule has 0 aliphatic heterocycles. The maximum absolute atomic E-state index is 11.2. The zero-order valence-corrected chi connectivity index (χ0v) is 15.7.